The molecule has 3 aromatic rings. The fourth-order valence-electron chi connectivity index (χ4n) is 3.52. The average Bonchev–Trinajstić information content (AvgIpc) is 3.03. The predicted octanol–water partition coefficient (Wildman–Crippen LogP) is 3.47. The highest BCUT2D eigenvalue weighted by molar-refractivity contribution is 8.03. The zero-order chi connectivity index (χ0) is 20.5. The van der Waals surface area contributed by atoms with E-state index in [1.807, 2.05) is 48.5 Å². The fourth-order valence-corrected chi connectivity index (χ4v) is 4.78. The number of anilines is 1. The number of pyridine rings is 1. The summed E-state index contributed by atoms with van der Waals surface area (Å²) in [5.41, 5.74) is 2.85. The summed E-state index contributed by atoms with van der Waals surface area (Å²) in [7, 11) is 1.65. The number of rotatable bonds is 5. The van der Waals surface area contributed by atoms with Crippen LogP contribution in [0.25, 0.3) is 17.0 Å². The summed E-state index contributed by atoms with van der Waals surface area (Å²) in [6.45, 7) is 2.62. The van der Waals surface area contributed by atoms with E-state index in [0.29, 0.717) is 5.02 Å². The molecule has 29 heavy (non-hydrogen) atoms. The molecule has 7 heteroatoms. The van der Waals surface area contributed by atoms with Crippen LogP contribution in [-0.4, -0.2) is 19.6 Å². The number of hydrogen-bond acceptors (Lipinski definition) is 5. The topological polar surface area (TPSA) is 56.5 Å². The van der Waals surface area contributed by atoms with Gasteiger partial charge in [0.05, 0.1) is 35.7 Å². The number of carboxylic acids is 1. The molecule has 0 fully saturated rings. The van der Waals surface area contributed by atoms with Crippen molar-refractivity contribution < 1.29 is 19.2 Å². The molecule has 4 rings (SSSR count). The maximum absolute atomic E-state index is 11.4. The second-order valence-corrected chi connectivity index (χ2v) is 8.08. The summed E-state index contributed by atoms with van der Waals surface area (Å²) in [6.07, 6.45) is 2.01. The summed E-state index contributed by atoms with van der Waals surface area (Å²) in [5, 5.41) is 13.8. The zero-order valence-electron chi connectivity index (χ0n) is 16.0. The van der Waals surface area contributed by atoms with E-state index in [2.05, 4.69) is 11.5 Å². The molecule has 1 aliphatic rings. The Labute approximate surface area is 178 Å². The van der Waals surface area contributed by atoms with Gasteiger partial charge in [0.25, 0.3) is 0 Å². The Morgan fingerprint density at radius 3 is 2.79 bits per heavy atom. The molecule has 0 radical (unpaired) electrons. The molecule has 1 aromatic heterocycles. The van der Waals surface area contributed by atoms with Crippen LogP contribution in [0.1, 0.15) is 12.6 Å². The van der Waals surface area contributed by atoms with Crippen LogP contribution in [0.15, 0.2) is 58.5 Å². The van der Waals surface area contributed by atoms with E-state index in [-0.39, 0.29) is 6.54 Å². The van der Waals surface area contributed by atoms with Gasteiger partial charge in [-0.3, -0.25) is 0 Å². The lowest BCUT2D eigenvalue weighted by atomic mass is 10.1. The van der Waals surface area contributed by atoms with Gasteiger partial charge in [-0.2, -0.15) is 4.57 Å². The summed E-state index contributed by atoms with van der Waals surface area (Å²) in [6, 6.07) is 15.6. The van der Waals surface area contributed by atoms with E-state index in [0.717, 1.165) is 44.5 Å². The van der Waals surface area contributed by atoms with E-state index < -0.39 is 5.97 Å². The third-order valence-corrected chi connectivity index (χ3v) is 6.19. The van der Waals surface area contributed by atoms with Gasteiger partial charge in [-0.15, -0.1) is 0 Å². The van der Waals surface area contributed by atoms with Crippen LogP contribution >= 0.6 is 23.4 Å². The van der Waals surface area contributed by atoms with Crippen molar-refractivity contribution in [2.75, 3.05) is 18.6 Å². The predicted molar refractivity (Wildman–Crippen MR) is 114 cm³/mol. The van der Waals surface area contributed by atoms with Crippen LogP contribution in [-0.2, 0) is 11.3 Å². The molecule has 0 saturated carbocycles. The minimum absolute atomic E-state index is 0.233. The quantitative estimate of drug-likeness (QED) is 0.585. The van der Waals surface area contributed by atoms with Crippen LogP contribution in [0.3, 0.4) is 0 Å². The molecule has 2 heterocycles. The number of nitrogens with zero attached hydrogens (tertiary/aromatic N) is 2. The van der Waals surface area contributed by atoms with Crippen molar-refractivity contribution in [2.24, 2.45) is 0 Å². The summed E-state index contributed by atoms with van der Waals surface area (Å²) in [4.78, 5) is 14.1. The summed E-state index contributed by atoms with van der Waals surface area (Å²) >= 11 is 7.66. The van der Waals surface area contributed by atoms with E-state index >= 15 is 0 Å². The van der Waals surface area contributed by atoms with Crippen LogP contribution in [0.4, 0.5) is 5.69 Å². The van der Waals surface area contributed by atoms with Crippen molar-refractivity contribution in [3.8, 4) is 5.75 Å². The second kappa shape index (κ2) is 7.97. The van der Waals surface area contributed by atoms with Gasteiger partial charge < -0.3 is 19.5 Å². The van der Waals surface area contributed by atoms with Crippen molar-refractivity contribution in [2.45, 2.75) is 18.4 Å². The number of aromatic nitrogens is 1. The van der Waals surface area contributed by atoms with Crippen LogP contribution < -0.4 is 19.3 Å². The Bertz CT molecular complexity index is 1150. The van der Waals surface area contributed by atoms with Gasteiger partial charge in [0.15, 0.2) is 0 Å². The number of fused-ring (bicyclic) bond motifs is 2. The Hall–Kier alpha value is -2.70. The number of hydrogen-bond donors (Lipinski definition) is 0. The number of carboxylic acid groups (broad SMARTS) is 1. The molecule has 0 amide bonds. The molecule has 0 atom stereocenters. The number of aliphatic carboxylic acids is 1. The number of methoxy groups -OCH3 is 1. The number of halogens is 1. The number of carbonyl (C=O) groups excluding carboxylic acids is 1. The SMILES string of the molecule is CC[n+]1c(/C=C2\Sc3ccc(Cl)cc3N2CC(=O)[O-])ccc2cc(OC)ccc21. The lowest BCUT2D eigenvalue weighted by Crippen LogP contribution is -2.38. The Kier molecular flexibility index (Phi) is 5.39. The standard InChI is InChI=1S/C22H19ClN2O3S/c1-3-24-16(6-4-14-10-17(28-2)7-8-18(14)24)12-21-25(13-22(26)27)19-11-15(23)5-9-20(19)29-21/h4-12H,3,13H2,1-2H3. The van der Waals surface area contributed by atoms with Gasteiger partial charge in [0.1, 0.15) is 12.3 Å². The maximum atomic E-state index is 11.4. The van der Waals surface area contributed by atoms with Gasteiger partial charge >= 0.3 is 0 Å². The molecule has 0 bridgehead atoms. The van der Waals surface area contributed by atoms with Crippen molar-refractivity contribution in [1.29, 1.82) is 0 Å². The van der Waals surface area contributed by atoms with Crippen LogP contribution in [0, 0.1) is 0 Å². The normalized spacial score (nSPS) is 14.4. The van der Waals surface area contributed by atoms with Crippen molar-refractivity contribution in [3.05, 3.63) is 64.3 Å². The molecule has 1 aliphatic heterocycles. The van der Waals surface area contributed by atoms with Crippen LogP contribution in [0.5, 0.6) is 5.75 Å². The van der Waals surface area contributed by atoms with Gasteiger partial charge in [0, 0.05) is 28.1 Å². The zero-order valence-corrected chi connectivity index (χ0v) is 17.6. The third-order valence-electron chi connectivity index (χ3n) is 4.84. The highest BCUT2D eigenvalue weighted by Gasteiger charge is 2.27. The molecule has 2 aromatic carbocycles. The van der Waals surface area contributed by atoms with Gasteiger partial charge in [-0.25, -0.2) is 0 Å². The van der Waals surface area contributed by atoms with E-state index in [4.69, 9.17) is 16.3 Å². The first-order valence-electron chi connectivity index (χ1n) is 9.17. The largest absolute Gasteiger partial charge is 0.548 e. The van der Waals surface area contributed by atoms with Crippen molar-refractivity contribution in [1.82, 2.24) is 0 Å². The number of thioether (sulfide) groups is 1. The molecule has 5 nitrogen and oxygen atoms in total. The molecule has 0 N–H and O–H groups in total. The molecular formula is C22H19ClN2O3S. The minimum Gasteiger partial charge on any atom is -0.548 e. The summed E-state index contributed by atoms with van der Waals surface area (Å²) < 4.78 is 7.52. The maximum Gasteiger partial charge on any atom is 0.213 e. The van der Waals surface area contributed by atoms with Gasteiger partial charge in [-0.1, -0.05) is 23.4 Å². The Morgan fingerprint density at radius 1 is 1.24 bits per heavy atom. The third kappa shape index (κ3) is 3.78. The number of benzene rings is 2. The Morgan fingerprint density at radius 2 is 2.07 bits per heavy atom. The van der Waals surface area contributed by atoms with Crippen LogP contribution in [0.2, 0.25) is 5.02 Å². The first-order valence-corrected chi connectivity index (χ1v) is 10.4. The lowest BCUT2D eigenvalue weighted by Gasteiger charge is -2.20. The highest BCUT2D eigenvalue weighted by atomic mass is 35.5. The monoisotopic (exact) mass is 426 g/mol. The molecular weight excluding hydrogens is 408 g/mol. The molecule has 0 aliphatic carbocycles. The second-order valence-electron chi connectivity index (χ2n) is 6.58. The van der Waals surface area contributed by atoms with E-state index in [9.17, 15) is 9.90 Å². The first-order chi connectivity index (χ1) is 14.0. The number of aryl methyl sites for hydroxylation is 1. The highest BCUT2D eigenvalue weighted by Crippen LogP contribution is 2.47. The number of carbonyl (C=O) groups is 1. The van der Waals surface area contributed by atoms with Crippen molar-refractivity contribution in [3.63, 3.8) is 0 Å². The Balaban J connectivity index is 1.82. The fraction of sp³-hybridized carbons (Fsp3) is 0.182. The van der Waals surface area contributed by atoms with E-state index in [1.54, 1.807) is 18.1 Å². The number of ether oxygens (including phenoxy) is 1. The van der Waals surface area contributed by atoms with Gasteiger partial charge in [0.2, 0.25) is 11.2 Å². The minimum atomic E-state index is -1.14. The van der Waals surface area contributed by atoms with Crippen molar-refractivity contribution >= 4 is 52.0 Å². The molecule has 0 saturated heterocycles. The first kappa shape index (κ1) is 19.6. The molecule has 0 unspecified atom stereocenters. The molecule has 148 valence electrons. The smallest absolute Gasteiger partial charge is 0.213 e. The summed E-state index contributed by atoms with van der Waals surface area (Å²) in [5.74, 6) is -0.330. The molecule has 0 spiro atoms. The van der Waals surface area contributed by atoms with E-state index in [1.165, 1.54) is 11.8 Å². The lowest BCUT2D eigenvalue weighted by molar-refractivity contribution is -0.669. The van der Waals surface area contributed by atoms with Gasteiger partial charge in [-0.05, 0) is 43.3 Å². The average molecular weight is 427 g/mol.